The molecule has 0 heterocycles. The van der Waals surface area contributed by atoms with Crippen molar-refractivity contribution in [3.8, 4) is 0 Å². The first-order chi connectivity index (χ1) is 7.83. The van der Waals surface area contributed by atoms with Crippen molar-refractivity contribution >= 4 is 16.1 Å². The maximum atomic E-state index is 11.4. The fourth-order valence-electron chi connectivity index (χ4n) is 3.25. The van der Waals surface area contributed by atoms with Crippen LogP contribution in [0.2, 0.25) is 0 Å². The summed E-state index contributed by atoms with van der Waals surface area (Å²) in [6.45, 7) is 1.88. The van der Waals surface area contributed by atoms with Crippen LogP contribution in [0.1, 0.15) is 19.8 Å². The lowest BCUT2D eigenvalue weighted by atomic mass is 9.98. The van der Waals surface area contributed by atoms with Crippen LogP contribution in [0.3, 0.4) is 0 Å². The third kappa shape index (κ3) is 2.63. The highest BCUT2D eigenvalue weighted by Crippen LogP contribution is 2.61. The van der Waals surface area contributed by atoms with Crippen molar-refractivity contribution in [2.24, 2.45) is 23.7 Å². The van der Waals surface area contributed by atoms with Crippen LogP contribution in [0.4, 0.5) is 0 Å². The molecule has 0 aliphatic heterocycles. The number of rotatable bonds is 4. The number of methoxy groups -OCH3 is 1. The predicted molar refractivity (Wildman–Crippen MR) is 60.6 cm³/mol. The van der Waals surface area contributed by atoms with E-state index in [-0.39, 0.29) is 18.0 Å². The van der Waals surface area contributed by atoms with Gasteiger partial charge in [-0.15, -0.1) is 0 Å². The van der Waals surface area contributed by atoms with Crippen molar-refractivity contribution in [1.82, 2.24) is 0 Å². The van der Waals surface area contributed by atoms with Crippen LogP contribution < -0.4 is 0 Å². The maximum absolute atomic E-state index is 11.4. The molecule has 2 rings (SSSR count). The minimum absolute atomic E-state index is 0.0887. The summed E-state index contributed by atoms with van der Waals surface area (Å²) >= 11 is 0. The molecular weight excluding hydrogens is 244 g/mol. The van der Waals surface area contributed by atoms with Crippen LogP contribution in [0.15, 0.2) is 0 Å². The Balaban J connectivity index is 1.85. The van der Waals surface area contributed by atoms with Gasteiger partial charge in [0.2, 0.25) is 0 Å². The largest absolute Gasteiger partial charge is 0.469 e. The molecule has 0 N–H and O–H groups in total. The second-order valence-electron chi connectivity index (χ2n) is 5.11. The molecule has 6 heteroatoms. The average molecular weight is 262 g/mol. The van der Waals surface area contributed by atoms with E-state index in [1.807, 2.05) is 6.92 Å². The summed E-state index contributed by atoms with van der Waals surface area (Å²) < 4.78 is 31.7. The summed E-state index contributed by atoms with van der Waals surface area (Å²) in [5.74, 6) is 0.938. The molecule has 17 heavy (non-hydrogen) atoms. The van der Waals surface area contributed by atoms with E-state index < -0.39 is 10.1 Å². The van der Waals surface area contributed by atoms with Crippen molar-refractivity contribution in [2.45, 2.75) is 25.9 Å². The molecule has 0 saturated heterocycles. The SMILES string of the molecule is COC(=O)C(C)[C@@H]1[C@@H]2C[C@H](OS(C)(=O)=O)C[C@@H]21. The van der Waals surface area contributed by atoms with Gasteiger partial charge in [0, 0.05) is 0 Å². The number of carbonyl (C=O) groups excluding carboxylic acids is 1. The van der Waals surface area contributed by atoms with E-state index in [0.717, 1.165) is 19.1 Å². The van der Waals surface area contributed by atoms with Gasteiger partial charge in [0.1, 0.15) is 0 Å². The Morgan fingerprint density at radius 1 is 1.29 bits per heavy atom. The van der Waals surface area contributed by atoms with Crippen molar-refractivity contribution in [3.63, 3.8) is 0 Å². The zero-order chi connectivity index (χ0) is 12.8. The van der Waals surface area contributed by atoms with E-state index in [4.69, 9.17) is 8.92 Å². The Hall–Kier alpha value is -0.620. The smallest absolute Gasteiger partial charge is 0.308 e. The Labute approximate surface area is 102 Å². The number of fused-ring (bicyclic) bond motifs is 1. The fraction of sp³-hybridized carbons (Fsp3) is 0.909. The second kappa shape index (κ2) is 4.24. The fourth-order valence-corrected chi connectivity index (χ4v) is 3.90. The van der Waals surface area contributed by atoms with Gasteiger partial charge in [-0.1, -0.05) is 6.92 Å². The van der Waals surface area contributed by atoms with Crippen molar-refractivity contribution in [3.05, 3.63) is 0 Å². The zero-order valence-corrected chi connectivity index (χ0v) is 11.1. The molecule has 2 aliphatic rings. The topological polar surface area (TPSA) is 69.7 Å². The molecule has 0 aromatic carbocycles. The van der Waals surface area contributed by atoms with Gasteiger partial charge in [-0.2, -0.15) is 8.42 Å². The lowest BCUT2D eigenvalue weighted by molar-refractivity contribution is -0.145. The molecule has 5 nitrogen and oxygen atoms in total. The maximum Gasteiger partial charge on any atom is 0.308 e. The lowest BCUT2D eigenvalue weighted by Crippen LogP contribution is -2.21. The molecular formula is C11H18O5S. The molecule has 2 aliphatic carbocycles. The Bertz CT molecular complexity index is 404. The van der Waals surface area contributed by atoms with Gasteiger partial charge < -0.3 is 4.74 Å². The van der Waals surface area contributed by atoms with Crippen molar-refractivity contribution in [1.29, 1.82) is 0 Å². The lowest BCUT2D eigenvalue weighted by Gasteiger charge is -2.16. The van der Waals surface area contributed by atoms with Crippen LogP contribution in [-0.4, -0.2) is 33.9 Å². The minimum atomic E-state index is -3.36. The molecule has 0 spiro atoms. The van der Waals surface area contributed by atoms with Gasteiger partial charge in [0.25, 0.3) is 10.1 Å². The van der Waals surface area contributed by atoms with E-state index in [1.54, 1.807) is 0 Å². The number of esters is 1. The summed E-state index contributed by atoms with van der Waals surface area (Å²) in [4.78, 5) is 11.4. The molecule has 0 radical (unpaired) electrons. The number of ether oxygens (including phenoxy) is 1. The predicted octanol–water partition coefficient (Wildman–Crippen LogP) is 0.796. The van der Waals surface area contributed by atoms with Gasteiger partial charge in [0.15, 0.2) is 0 Å². The zero-order valence-electron chi connectivity index (χ0n) is 10.3. The molecule has 1 unspecified atom stereocenters. The summed E-state index contributed by atoms with van der Waals surface area (Å²) in [6.07, 6.45) is 2.36. The first-order valence-electron chi connectivity index (χ1n) is 5.79. The van der Waals surface area contributed by atoms with Crippen LogP contribution in [0, 0.1) is 23.7 Å². The van der Waals surface area contributed by atoms with Crippen molar-refractivity contribution < 1.29 is 22.1 Å². The van der Waals surface area contributed by atoms with E-state index in [1.165, 1.54) is 7.11 Å². The monoisotopic (exact) mass is 262 g/mol. The first-order valence-corrected chi connectivity index (χ1v) is 7.61. The molecule has 2 fully saturated rings. The standard InChI is InChI=1S/C11H18O5S/c1-6(11(12)15-2)10-8-4-7(5-9(8)10)16-17(3,13)14/h6-10H,4-5H2,1-3H3/t6?,7-,8+,9-,10+. The van der Waals surface area contributed by atoms with Gasteiger partial charge in [0.05, 0.1) is 25.4 Å². The third-order valence-electron chi connectivity index (χ3n) is 3.93. The molecule has 0 amide bonds. The van der Waals surface area contributed by atoms with E-state index in [2.05, 4.69) is 0 Å². The van der Waals surface area contributed by atoms with E-state index in [0.29, 0.717) is 17.8 Å². The molecule has 2 saturated carbocycles. The number of hydrogen-bond acceptors (Lipinski definition) is 5. The molecule has 0 bridgehead atoms. The van der Waals surface area contributed by atoms with Crippen LogP contribution in [0.25, 0.3) is 0 Å². The van der Waals surface area contributed by atoms with Crippen molar-refractivity contribution in [2.75, 3.05) is 13.4 Å². The van der Waals surface area contributed by atoms with Gasteiger partial charge in [-0.3, -0.25) is 8.98 Å². The van der Waals surface area contributed by atoms with Crippen LogP contribution in [0.5, 0.6) is 0 Å². The van der Waals surface area contributed by atoms with Gasteiger partial charge >= 0.3 is 5.97 Å². The minimum Gasteiger partial charge on any atom is -0.469 e. The molecule has 98 valence electrons. The Kier molecular flexibility index (Phi) is 3.20. The molecule has 0 aromatic rings. The third-order valence-corrected chi connectivity index (χ3v) is 4.55. The van der Waals surface area contributed by atoms with Gasteiger partial charge in [-0.05, 0) is 30.6 Å². The number of carbonyl (C=O) groups is 1. The number of hydrogen-bond donors (Lipinski definition) is 0. The summed E-state index contributed by atoms with van der Waals surface area (Å²) in [5.41, 5.74) is 0. The normalized spacial score (nSPS) is 37.4. The second-order valence-corrected chi connectivity index (χ2v) is 6.71. The van der Waals surface area contributed by atoms with E-state index in [9.17, 15) is 13.2 Å². The van der Waals surface area contributed by atoms with E-state index >= 15 is 0 Å². The highest BCUT2D eigenvalue weighted by molar-refractivity contribution is 7.86. The summed E-state index contributed by atoms with van der Waals surface area (Å²) in [6, 6.07) is 0. The highest BCUT2D eigenvalue weighted by Gasteiger charge is 2.60. The summed E-state index contributed by atoms with van der Waals surface area (Å²) in [5, 5.41) is 0. The summed E-state index contributed by atoms with van der Waals surface area (Å²) in [7, 11) is -1.97. The Morgan fingerprint density at radius 2 is 1.82 bits per heavy atom. The molecule has 0 aromatic heterocycles. The van der Waals surface area contributed by atoms with Crippen LogP contribution >= 0.6 is 0 Å². The quantitative estimate of drug-likeness (QED) is 0.553. The highest BCUT2D eigenvalue weighted by atomic mass is 32.2. The average Bonchev–Trinajstić information content (AvgIpc) is 2.71. The molecule has 5 atom stereocenters. The Morgan fingerprint density at radius 3 is 2.24 bits per heavy atom. The van der Waals surface area contributed by atoms with Gasteiger partial charge in [-0.25, -0.2) is 0 Å². The van der Waals surface area contributed by atoms with Crippen LogP contribution in [-0.2, 0) is 23.8 Å². The first kappa shape index (κ1) is 12.8.